The zero-order chi connectivity index (χ0) is 14.0. The topological polar surface area (TPSA) is 46.9 Å². The van der Waals surface area contributed by atoms with E-state index >= 15 is 0 Å². The van der Waals surface area contributed by atoms with Crippen molar-refractivity contribution in [2.24, 2.45) is 5.92 Å². The Kier molecular flexibility index (Phi) is 3.97. The molecule has 1 saturated carbocycles. The second-order valence-electron chi connectivity index (χ2n) is 6.55. The summed E-state index contributed by atoms with van der Waals surface area (Å²) in [7, 11) is 0. The van der Waals surface area contributed by atoms with Gasteiger partial charge in [-0.1, -0.05) is 19.8 Å². The molecule has 1 fully saturated rings. The third-order valence-electron chi connectivity index (χ3n) is 3.71. The summed E-state index contributed by atoms with van der Waals surface area (Å²) in [6.07, 6.45) is 8.33. The first-order chi connectivity index (χ1) is 8.91. The number of rotatable bonds is 5. The van der Waals surface area contributed by atoms with Gasteiger partial charge in [0.05, 0.1) is 0 Å². The van der Waals surface area contributed by atoms with Gasteiger partial charge in [-0.05, 0) is 39.5 Å². The average molecular weight is 263 g/mol. The Morgan fingerprint density at radius 3 is 2.68 bits per heavy atom. The largest absolute Gasteiger partial charge is 0.363 e. The predicted octanol–water partition coefficient (Wildman–Crippen LogP) is 2.99. The molecule has 1 N–H and O–H groups in total. The van der Waals surface area contributed by atoms with E-state index in [4.69, 9.17) is 0 Å². The van der Waals surface area contributed by atoms with Gasteiger partial charge < -0.3 is 9.88 Å². The molecule has 0 bridgehead atoms. The molecule has 0 aliphatic heterocycles. The fourth-order valence-corrected chi connectivity index (χ4v) is 2.32. The molecule has 2 rings (SSSR count). The molecular formula is C15H25N3O. The van der Waals surface area contributed by atoms with Crippen molar-refractivity contribution in [3.8, 4) is 0 Å². The minimum Gasteiger partial charge on any atom is -0.363 e. The van der Waals surface area contributed by atoms with Crippen LogP contribution in [0.1, 0.15) is 53.4 Å². The van der Waals surface area contributed by atoms with Crippen LogP contribution in [0.5, 0.6) is 0 Å². The highest BCUT2D eigenvalue weighted by Crippen LogP contribution is 2.34. The highest BCUT2D eigenvalue weighted by Gasteiger charge is 2.25. The molecule has 4 heteroatoms. The van der Waals surface area contributed by atoms with Crippen LogP contribution < -0.4 is 10.9 Å². The zero-order valence-electron chi connectivity index (χ0n) is 12.4. The quantitative estimate of drug-likeness (QED) is 0.888. The van der Waals surface area contributed by atoms with Gasteiger partial charge in [0, 0.05) is 24.0 Å². The summed E-state index contributed by atoms with van der Waals surface area (Å²) in [5.41, 5.74) is -0.237. The van der Waals surface area contributed by atoms with Crippen LogP contribution >= 0.6 is 0 Å². The monoisotopic (exact) mass is 263 g/mol. The summed E-state index contributed by atoms with van der Waals surface area (Å²) in [6, 6.07) is 0.364. The van der Waals surface area contributed by atoms with E-state index in [1.54, 1.807) is 17.0 Å². The molecule has 106 valence electrons. The Balaban J connectivity index is 2.17. The van der Waals surface area contributed by atoms with Gasteiger partial charge in [0.25, 0.3) is 5.56 Å². The molecule has 0 saturated heterocycles. The minimum absolute atomic E-state index is 0.0238. The predicted molar refractivity (Wildman–Crippen MR) is 78.5 cm³/mol. The lowest BCUT2D eigenvalue weighted by molar-refractivity contribution is 0.382. The summed E-state index contributed by atoms with van der Waals surface area (Å²) >= 11 is 0. The smallest absolute Gasteiger partial charge is 0.293 e. The summed E-state index contributed by atoms with van der Waals surface area (Å²) in [5, 5.41) is 3.34. The lowest BCUT2D eigenvalue weighted by Crippen LogP contribution is -2.36. The molecule has 4 nitrogen and oxygen atoms in total. The first-order valence-electron chi connectivity index (χ1n) is 7.26. The maximum Gasteiger partial charge on any atom is 0.293 e. The van der Waals surface area contributed by atoms with Crippen LogP contribution in [0, 0.1) is 5.92 Å². The molecule has 1 atom stereocenters. The van der Waals surface area contributed by atoms with Crippen molar-refractivity contribution in [2.75, 3.05) is 5.32 Å². The molecule has 0 amide bonds. The molecule has 0 radical (unpaired) electrons. The van der Waals surface area contributed by atoms with Crippen LogP contribution in [0.4, 0.5) is 5.82 Å². The van der Waals surface area contributed by atoms with Gasteiger partial charge in [-0.15, -0.1) is 0 Å². The molecule has 1 aliphatic carbocycles. The number of hydrogen-bond donors (Lipinski definition) is 1. The van der Waals surface area contributed by atoms with Crippen LogP contribution in [0.2, 0.25) is 0 Å². The van der Waals surface area contributed by atoms with Gasteiger partial charge in [0.1, 0.15) is 0 Å². The Hall–Kier alpha value is -1.32. The maximum atomic E-state index is 12.4. The summed E-state index contributed by atoms with van der Waals surface area (Å²) in [5.74, 6) is 1.34. The highest BCUT2D eigenvalue weighted by atomic mass is 16.1. The third kappa shape index (κ3) is 3.58. The number of aromatic nitrogens is 2. The SMILES string of the molecule is CCC(CC1CC1)Nc1nccn(C(C)(C)C)c1=O. The molecule has 1 aromatic heterocycles. The van der Waals surface area contributed by atoms with Crippen LogP contribution in [-0.2, 0) is 5.54 Å². The van der Waals surface area contributed by atoms with E-state index in [0.717, 1.165) is 18.8 Å². The van der Waals surface area contributed by atoms with E-state index in [0.29, 0.717) is 11.9 Å². The van der Waals surface area contributed by atoms with Crippen molar-refractivity contribution < 1.29 is 0 Å². The molecule has 0 spiro atoms. The Morgan fingerprint density at radius 2 is 2.16 bits per heavy atom. The first-order valence-corrected chi connectivity index (χ1v) is 7.26. The number of nitrogens with one attached hydrogen (secondary N) is 1. The van der Waals surface area contributed by atoms with E-state index in [-0.39, 0.29) is 11.1 Å². The van der Waals surface area contributed by atoms with Crippen molar-refractivity contribution in [2.45, 2.75) is 65.0 Å². The fourth-order valence-electron chi connectivity index (χ4n) is 2.32. The van der Waals surface area contributed by atoms with Crippen molar-refractivity contribution in [1.82, 2.24) is 9.55 Å². The van der Waals surface area contributed by atoms with Crippen LogP contribution in [-0.4, -0.2) is 15.6 Å². The van der Waals surface area contributed by atoms with Crippen molar-refractivity contribution >= 4 is 5.82 Å². The molecule has 19 heavy (non-hydrogen) atoms. The van der Waals surface area contributed by atoms with Crippen LogP contribution in [0.15, 0.2) is 17.2 Å². The first kappa shape index (κ1) is 14.1. The second-order valence-corrected chi connectivity index (χ2v) is 6.55. The lowest BCUT2D eigenvalue weighted by Gasteiger charge is -2.23. The van der Waals surface area contributed by atoms with Gasteiger partial charge in [0.15, 0.2) is 5.82 Å². The van der Waals surface area contributed by atoms with Crippen molar-refractivity contribution in [3.63, 3.8) is 0 Å². The lowest BCUT2D eigenvalue weighted by atomic mass is 10.1. The molecule has 1 aromatic rings. The Labute approximate surface area is 115 Å². The fraction of sp³-hybridized carbons (Fsp3) is 0.733. The van der Waals surface area contributed by atoms with Crippen molar-refractivity contribution in [1.29, 1.82) is 0 Å². The van der Waals surface area contributed by atoms with Gasteiger partial charge in [0.2, 0.25) is 0 Å². The number of hydrogen-bond acceptors (Lipinski definition) is 3. The summed E-state index contributed by atoms with van der Waals surface area (Å²) in [6.45, 7) is 8.24. The van der Waals surface area contributed by atoms with E-state index in [9.17, 15) is 4.79 Å². The maximum absolute atomic E-state index is 12.4. The molecular weight excluding hydrogens is 238 g/mol. The number of anilines is 1. The van der Waals surface area contributed by atoms with E-state index in [2.05, 4.69) is 17.2 Å². The standard InChI is InChI=1S/C15H25N3O/c1-5-12(10-11-6-7-11)17-13-14(19)18(9-8-16-13)15(2,3)4/h8-9,11-12H,5-7,10H2,1-4H3,(H,16,17). The van der Waals surface area contributed by atoms with Gasteiger partial charge in [-0.3, -0.25) is 4.79 Å². The Morgan fingerprint density at radius 1 is 1.47 bits per heavy atom. The highest BCUT2D eigenvalue weighted by molar-refractivity contribution is 5.32. The van der Waals surface area contributed by atoms with E-state index in [1.807, 2.05) is 20.8 Å². The second kappa shape index (κ2) is 5.35. The minimum atomic E-state index is -0.214. The van der Waals surface area contributed by atoms with E-state index in [1.165, 1.54) is 12.8 Å². The van der Waals surface area contributed by atoms with Crippen LogP contribution in [0.25, 0.3) is 0 Å². The van der Waals surface area contributed by atoms with Gasteiger partial charge in [-0.2, -0.15) is 0 Å². The molecule has 0 aromatic carbocycles. The van der Waals surface area contributed by atoms with Gasteiger partial charge in [-0.25, -0.2) is 4.98 Å². The average Bonchev–Trinajstić information content (AvgIpc) is 3.13. The normalized spacial score (nSPS) is 17.3. The van der Waals surface area contributed by atoms with E-state index < -0.39 is 0 Å². The van der Waals surface area contributed by atoms with Gasteiger partial charge >= 0.3 is 0 Å². The summed E-state index contributed by atoms with van der Waals surface area (Å²) < 4.78 is 1.74. The van der Waals surface area contributed by atoms with Crippen molar-refractivity contribution in [3.05, 3.63) is 22.7 Å². The summed E-state index contributed by atoms with van der Waals surface area (Å²) in [4.78, 5) is 16.6. The molecule has 1 heterocycles. The molecule has 1 aliphatic rings. The third-order valence-corrected chi connectivity index (χ3v) is 3.71. The number of nitrogens with zero attached hydrogens (tertiary/aromatic N) is 2. The Bertz CT molecular complexity index is 483. The van der Waals surface area contributed by atoms with Crippen LogP contribution in [0.3, 0.4) is 0 Å². The zero-order valence-corrected chi connectivity index (χ0v) is 12.4. The molecule has 1 unspecified atom stereocenters.